The smallest absolute Gasteiger partial charge is 0.153 e. The largest absolute Gasteiger partial charge is 0.308 e. The minimum atomic E-state index is -3.03. The van der Waals surface area contributed by atoms with Crippen molar-refractivity contribution in [1.82, 2.24) is 5.32 Å². The minimum absolute atomic E-state index is 0.246. The van der Waals surface area contributed by atoms with Gasteiger partial charge in [0.2, 0.25) is 0 Å². The molecule has 17 heavy (non-hydrogen) atoms. The Hall–Kier alpha value is -0.390. The molecule has 0 spiro atoms. The molecule has 1 heterocycles. The molecule has 5 heteroatoms. The van der Waals surface area contributed by atoms with E-state index in [9.17, 15) is 8.42 Å². The number of nitrogens with one attached hydrogen (secondary N) is 1. The molecular weight excluding hydrogens is 254 g/mol. The fraction of sp³-hybridized carbons (Fsp3) is 0.667. The van der Waals surface area contributed by atoms with Crippen LogP contribution in [0.1, 0.15) is 38.1 Å². The number of rotatable bonds is 6. The Morgan fingerprint density at radius 2 is 2.12 bits per heavy atom. The van der Waals surface area contributed by atoms with Gasteiger partial charge in [0, 0.05) is 23.7 Å². The zero-order valence-corrected chi connectivity index (χ0v) is 12.5. The van der Waals surface area contributed by atoms with Crippen molar-refractivity contribution in [3.05, 3.63) is 22.4 Å². The van der Waals surface area contributed by atoms with E-state index in [1.54, 1.807) is 25.2 Å². The monoisotopic (exact) mass is 275 g/mol. The van der Waals surface area contributed by atoms with Crippen LogP contribution in [-0.4, -0.2) is 26.0 Å². The molecule has 0 amide bonds. The van der Waals surface area contributed by atoms with Gasteiger partial charge in [-0.25, -0.2) is 8.42 Å². The lowest BCUT2D eigenvalue weighted by atomic mass is 10.1. The lowest BCUT2D eigenvalue weighted by Gasteiger charge is -2.26. The van der Waals surface area contributed by atoms with Crippen LogP contribution in [0.4, 0.5) is 0 Å². The van der Waals surface area contributed by atoms with Crippen molar-refractivity contribution in [3.8, 4) is 0 Å². The highest BCUT2D eigenvalue weighted by atomic mass is 32.2. The summed E-state index contributed by atoms with van der Waals surface area (Å²) in [5.41, 5.74) is 0. The maximum absolute atomic E-state index is 11.6. The summed E-state index contributed by atoms with van der Waals surface area (Å²) in [4.78, 5) is 1.26. The Balaban J connectivity index is 2.67. The highest BCUT2D eigenvalue weighted by Gasteiger charge is 2.30. The first-order valence-electron chi connectivity index (χ1n) is 5.74. The average Bonchev–Trinajstić information content (AvgIpc) is 2.70. The molecule has 0 saturated heterocycles. The number of hydrogen-bond donors (Lipinski definition) is 1. The normalized spacial score (nSPS) is 14.8. The Kier molecular flexibility index (Phi) is 4.75. The summed E-state index contributed by atoms with van der Waals surface area (Å²) in [6.45, 7) is 6.10. The van der Waals surface area contributed by atoms with Gasteiger partial charge in [-0.05, 0) is 31.7 Å². The fourth-order valence-electron chi connectivity index (χ4n) is 1.44. The number of sulfone groups is 1. The maximum atomic E-state index is 11.6. The molecule has 0 aliphatic heterocycles. The van der Waals surface area contributed by atoms with E-state index in [0.717, 1.165) is 6.42 Å². The van der Waals surface area contributed by atoms with Crippen LogP contribution in [0, 0.1) is 0 Å². The lowest BCUT2D eigenvalue weighted by molar-refractivity contribution is 0.468. The number of hydrogen-bond acceptors (Lipinski definition) is 4. The highest BCUT2D eigenvalue weighted by molar-refractivity contribution is 7.92. The Labute approximate surface area is 108 Å². The van der Waals surface area contributed by atoms with Gasteiger partial charge >= 0.3 is 0 Å². The maximum Gasteiger partial charge on any atom is 0.153 e. The molecule has 0 bridgehead atoms. The molecule has 0 aromatic carbocycles. The highest BCUT2D eigenvalue weighted by Crippen LogP contribution is 2.23. The minimum Gasteiger partial charge on any atom is -0.308 e. The van der Waals surface area contributed by atoms with E-state index in [0.29, 0.717) is 6.54 Å². The van der Waals surface area contributed by atoms with Crippen molar-refractivity contribution in [2.45, 2.75) is 38.0 Å². The molecule has 1 rings (SSSR count). The zero-order chi connectivity index (χ0) is 13.1. The van der Waals surface area contributed by atoms with Crippen LogP contribution in [0.2, 0.25) is 0 Å². The van der Waals surface area contributed by atoms with Crippen LogP contribution in [-0.2, 0) is 9.84 Å². The predicted molar refractivity (Wildman–Crippen MR) is 74.3 cm³/mol. The molecule has 1 N–H and O–H groups in total. The third-order valence-electron chi connectivity index (χ3n) is 3.07. The molecular formula is C12H21NO2S2. The molecule has 1 aromatic heterocycles. The van der Waals surface area contributed by atoms with E-state index in [4.69, 9.17) is 0 Å². The molecule has 98 valence electrons. The van der Waals surface area contributed by atoms with Crippen LogP contribution in [0.5, 0.6) is 0 Å². The third kappa shape index (κ3) is 3.79. The second-order valence-electron chi connectivity index (χ2n) is 4.89. The predicted octanol–water partition coefficient (Wildman–Crippen LogP) is 2.61. The Bertz CT molecular complexity index is 435. The molecule has 0 aliphatic carbocycles. The average molecular weight is 275 g/mol. The quantitative estimate of drug-likeness (QED) is 0.868. The van der Waals surface area contributed by atoms with Crippen molar-refractivity contribution in [2.75, 3.05) is 12.8 Å². The molecule has 0 fully saturated rings. The molecule has 1 unspecified atom stereocenters. The van der Waals surface area contributed by atoms with Crippen molar-refractivity contribution in [3.63, 3.8) is 0 Å². The summed E-state index contributed by atoms with van der Waals surface area (Å²) in [6, 6.07) is 4.35. The second-order valence-corrected chi connectivity index (χ2v) is 8.52. The Morgan fingerprint density at radius 1 is 1.47 bits per heavy atom. The summed E-state index contributed by atoms with van der Waals surface area (Å²) in [6.07, 6.45) is 2.25. The van der Waals surface area contributed by atoms with Gasteiger partial charge in [-0.1, -0.05) is 13.0 Å². The van der Waals surface area contributed by atoms with E-state index in [2.05, 4.69) is 18.3 Å². The molecule has 3 nitrogen and oxygen atoms in total. The third-order valence-corrected chi connectivity index (χ3v) is 6.21. The van der Waals surface area contributed by atoms with E-state index >= 15 is 0 Å². The molecule has 0 radical (unpaired) electrons. The van der Waals surface area contributed by atoms with Gasteiger partial charge in [-0.3, -0.25) is 0 Å². The van der Waals surface area contributed by atoms with E-state index < -0.39 is 14.6 Å². The van der Waals surface area contributed by atoms with E-state index in [1.807, 2.05) is 11.4 Å². The molecule has 0 aliphatic rings. The first-order chi connectivity index (χ1) is 7.78. The van der Waals surface area contributed by atoms with Gasteiger partial charge in [0.05, 0.1) is 4.75 Å². The van der Waals surface area contributed by atoms with Gasteiger partial charge in [-0.2, -0.15) is 0 Å². The van der Waals surface area contributed by atoms with Crippen molar-refractivity contribution in [2.24, 2.45) is 0 Å². The summed E-state index contributed by atoms with van der Waals surface area (Å²) in [5, 5.41) is 5.39. The Morgan fingerprint density at radius 3 is 2.53 bits per heavy atom. The first-order valence-corrected chi connectivity index (χ1v) is 8.51. The fourth-order valence-corrected chi connectivity index (χ4v) is 2.67. The van der Waals surface area contributed by atoms with Crippen LogP contribution >= 0.6 is 11.3 Å². The molecule has 0 saturated carbocycles. The summed E-state index contributed by atoms with van der Waals surface area (Å²) >= 11 is 1.70. The molecule has 1 atom stereocenters. The summed E-state index contributed by atoms with van der Waals surface area (Å²) < 4.78 is 22.5. The van der Waals surface area contributed by atoms with Crippen molar-refractivity contribution >= 4 is 21.2 Å². The van der Waals surface area contributed by atoms with Gasteiger partial charge in [0.15, 0.2) is 9.84 Å². The van der Waals surface area contributed by atoms with E-state index in [-0.39, 0.29) is 6.04 Å². The first kappa shape index (κ1) is 14.7. The van der Waals surface area contributed by atoms with Crippen LogP contribution in [0.25, 0.3) is 0 Å². The van der Waals surface area contributed by atoms with Gasteiger partial charge in [-0.15, -0.1) is 11.3 Å². The van der Waals surface area contributed by atoms with Gasteiger partial charge in [0.1, 0.15) is 0 Å². The lowest BCUT2D eigenvalue weighted by Crippen LogP contribution is -2.42. The summed E-state index contributed by atoms with van der Waals surface area (Å²) in [7, 11) is -3.03. The van der Waals surface area contributed by atoms with Crippen LogP contribution < -0.4 is 5.32 Å². The summed E-state index contributed by atoms with van der Waals surface area (Å²) in [5.74, 6) is 0. The van der Waals surface area contributed by atoms with Crippen LogP contribution in [0.15, 0.2) is 17.5 Å². The standard InChI is InChI=1S/C12H21NO2S2/c1-5-10(11-7-6-8-16-11)13-9-12(2,3)17(4,14)15/h6-8,10,13H,5,9H2,1-4H3. The van der Waals surface area contributed by atoms with Crippen molar-refractivity contribution < 1.29 is 8.42 Å². The topological polar surface area (TPSA) is 46.2 Å². The van der Waals surface area contributed by atoms with Gasteiger partial charge in [0.25, 0.3) is 0 Å². The number of thiophene rings is 1. The van der Waals surface area contributed by atoms with Gasteiger partial charge < -0.3 is 5.32 Å². The van der Waals surface area contributed by atoms with E-state index in [1.165, 1.54) is 11.1 Å². The zero-order valence-electron chi connectivity index (χ0n) is 10.9. The molecule has 1 aromatic rings. The second kappa shape index (κ2) is 5.50. The SMILES string of the molecule is CCC(NCC(C)(C)S(C)(=O)=O)c1cccs1. The van der Waals surface area contributed by atoms with Crippen LogP contribution in [0.3, 0.4) is 0 Å². The van der Waals surface area contributed by atoms with Crippen molar-refractivity contribution in [1.29, 1.82) is 0 Å².